The molecule has 80 valence electrons. The van der Waals surface area contributed by atoms with E-state index in [9.17, 15) is 0 Å². The van der Waals surface area contributed by atoms with Gasteiger partial charge in [0.2, 0.25) is 0 Å². The van der Waals surface area contributed by atoms with E-state index < -0.39 is 0 Å². The Morgan fingerprint density at radius 2 is 2.00 bits per heavy atom. The van der Waals surface area contributed by atoms with Crippen LogP contribution in [-0.4, -0.2) is 28.8 Å². The van der Waals surface area contributed by atoms with Crippen molar-refractivity contribution in [1.29, 1.82) is 0 Å². The molecule has 0 amide bonds. The Balaban J connectivity index is 3.50. The minimum atomic E-state index is 0.284. The van der Waals surface area contributed by atoms with Gasteiger partial charge in [-0.15, -0.1) is 0 Å². The highest BCUT2D eigenvalue weighted by molar-refractivity contribution is 7.99. The van der Waals surface area contributed by atoms with E-state index in [0.29, 0.717) is 17.2 Å². The molecule has 0 aliphatic carbocycles. The number of hydrogen-bond acceptors (Lipinski definition) is 3. The third kappa shape index (κ3) is 6.36. The molecule has 13 heavy (non-hydrogen) atoms. The topological polar surface area (TPSA) is 46.2 Å². The average molecular weight is 205 g/mol. The van der Waals surface area contributed by atoms with E-state index in [0.717, 1.165) is 18.6 Å². The summed E-state index contributed by atoms with van der Waals surface area (Å²) in [5.41, 5.74) is 5.99. The first-order valence-corrected chi connectivity index (χ1v) is 6.14. The summed E-state index contributed by atoms with van der Waals surface area (Å²) in [6.07, 6.45) is 2.02. The van der Waals surface area contributed by atoms with Gasteiger partial charge in [-0.3, -0.25) is 0 Å². The Labute approximate surface area is 86.3 Å². The number of aliphatic hydroxyl groups is 1. The first-order valence-electron chi connectivity index (χ1n) is 5.09. The van der Waals surface area contributed by atoms with E-state index in [4.69, 9.17) is 10.8 Å². The van der Waals surface area contributed by atoms with E-state index in [1.54, 1.807) is 0 Å². The van der Waals surface area contributed by atoms with Crippen molar-refractivity contribution in [2.75, 3.05) is 12.4 Å². The van der Waals surface area contributed by atoms with Crippen LogP contribution in [0.2, 0.25) is 0 Å². The fraction of sp³-hybridized carbons (Fsp3) is 1.00. The van der Waals surface area contributed by atoms with Crippen molar-refractivity contribution in [3.05, 3.63) is 0 Å². The molecule has 3 N–H and O–H groups in total. The summed E-state index contributed by atoms with van der Waals surface area (Å²) in [6.45, 7) is 6.80. The molecule has 0 aliphatic rings. The van der Waals surface area contributed by atoms with E-state index in [2.05, 4.69) is 20.8 Å². The monoisotopic (exact) mass is 205 g/mol. The van der Waals surface area contributed by atoms with Crippen molar-refractivity contribution >= 4 is 11.8 Å². The molecule has 0 aliphatic heterocycles. The van der Waals surface area contributed by atoms with Crippen molar-refractivity contribution in [3.8, 4) is 0 Å². The molecule has 3 heteroatoms. The molecule has 0 aromatic rings. The summed E-state index contributed by atoms with van der Waals surface area (Å²) >= 11 is 1.87. The van der Waals surface area contributed by atoms with Crippen molar-refractivity contribution in [2.24, 2.45) is 11.7 Å². The van der Waals surface area contributed by atoms with Gasteiger partial charge in [-0.05, 0) is 12.3 Å². The molecule has 2 nitrogen and oxygen atoms in total. The third-order valence-electron chi connectivity index (χ3n) is 2.48. The molecule has 0 saturated heterocycles. The molecule has 0 fully saturated rings. The Morgan fingerprint density at radius 1 is 1.38 bits per heavy atom. The molecule has 0 aromatic heterocycles. The van der Waals surface area contributed by atoms with Gasteiger partial charge in [0.25, 0.3) is 0 Å². The maximum Gasteiger partial charge on any atom is 0.0441 e. The minimum Gasteiger partial charge on any atom is -0.396 e. The Bertz CT molecular complexity index is 121. The smallest absolute Gasteiger partial charge is 0.0441 e. The highest BCUT2D eigenvalue weighted by Gasteiger charge is 2.12. The predicted molar refractivity (Wildman–Crippen MR) is 61.1 cm³/mol. The molecule has 0 rings (SSSR count). The van der Waals surface area contributed by atoms with Gasteiger partial charge in [-0.2, -0.15) is 11.8 Å². The third-order valence-corrected chi connectivity index (χ3v) is 3.87. The highest BCUT2D eigenvalue weighted by atomic mass is 32.2. The molecule has 0 aromatic carbocycles. The van der Waals surface area contributed by atoms with Crippen LogP contribution in [0.5, 0.6) is 0 Å². The van der Waals surface area contributed by atoms with Gasteiger partial charge in [-0.1, -0.05) is 27.2 Å². The number of aliphatic hydroxyl groups excluding tert-OH is 1. The molecule has 0 bridgehead atoms. The molecular formula is C10H23NOS. The van der Waals surface area contributed by atoms with Crippen LogP contribution in [0.1, 0.15) is 33.6 Å². The first kappa shape index (κ1) is 13.3. The number of thioether (sulfide) groups is 1. The molecule has 0 spiro atoms. The van der Waals surface area contributed by atoms with Gasteiger partial charge in [-0.25, -0.2) is 0 Å². The molecule has 3 atom stereocenters. The average Bonchev–Trinajstić information content (AvgIpc) is 2.13. The fourth-order valence-electron chi connectivity index (χ4n) is 1.01. The molecule has 0 heterocycles. The van der Waals surface area contributed by atoms with Crippen LogP contribution < -0.4 is 5.73 Å². The van der Waals surface area contributed by atoms with Gasteiger partial charge in [0, 0.05) is 23.7 Å². The van der Waals surface area contributed by atoms with Gasteiger partial charge in [0.15, 0.2) is 0 Å². The van der Waals surface area contributed by atoms with Crippen LogP contribution in [-0.2, 0) is 0 Å². The second kappa shape index (κ2) is 7.65. The molecule has 0 saturated carbocycles. The highest BCUT2D eigenvalue weighted by Crippen LogP contribution is 2.17. The summed E-state index contributed by atoms with van der Waals surface area (Å²) in [5, 5.41) is 9.24. The molecular weight excluding hydrogens is 182 g/mol. The van der Waals surface area contributed by atoms with Crippen molar-refractivity contribution in [3.63, 3.8) is 0 Å². The summed E-state index contributed by atoms with van der Waals surface area (Å²) in [5.74, 6) is 1.62. The normalized spacial score (nSPS) is 18.2. The van der Waals surface area contributed by atoms with Gasteiger partial charge < -0.3 is 10.8 Å². The number of nitrogens with two attached hydrogens (primary N) is 1. The van der Waals surface area contributed by atoms with Crippen molar-refractivity contribution in [2.45, 2.75) is 44.9 Å². The second-order valence-corrected chi connectivity index (χ2v) is 5.18. The van der Waals surface area contributed by atoms with Crippen molar-refractivity contribution < 1.29 is 5.11 Å². The lowest BCUT2D eigenvalue weighted by Crippen LogP contribution is -2.31. The van der Waals surface area contributed by atoms with Crippen LogP contribution in [0.25, 0.3) is 0 Å². The lowest BCUT2D eigenvalue weighted by molar-refractivity contribution is 0.289. The van der Waals surface area contributed by atoms with Gasteiger partial charge >= 0.3 is 0 Å². The lowest BCUT2D eigenvalue weighted by Gasteiger charge is -2.19. The van der Waals surface area contributed by atoms with Gasteiger partial charge in [0.1, 0.15) is 0 Å². The van der Waals surface area contributed by atoms with Crippen LogP contribution in [0.15, 0.2) is 0 Å². The molecule has 3 unspecified atom stereocenters. The fourth-order valence-corrected chi connectivity index (χ4v) is 2.16. The van der Waals surface area contributed by atoms with E-state index in [1.807, 2.05) is 11.8 Å². The number of rotatable bonds is 7. The zero-order chi connectivity index (χ0) is 10.3. The van der Waals surface area contributed by atoms with E-state index >= 15 is 0 Å². The zero-order valence-electron chi connectivity index (χ0n) is 8.99. The Morgan fingerprint density at radius 3 is 2.46 bits per heavy atom. The van der Waals surface area contributed by atoms with Crippen LogP contribution in [0, 0.1) is 5.92 Å². The summed E-state index contributed by atoms with van der Waals surface area (Å²) in [6, 6.07) is 0.302. The standard InChI is InChI=1S/C10H23NOS/c1-4-8(2)10(11)7-13-9(3)5-6-12/h8-10,12H,4-7,11H2,1-3H3. The zero-order valence-corrected chi connectivity index (χ0v) is 9.81. The molecule has 0 radical (unpaired) electrons. The SMILES string of the molecule is CCC(C)C(N)CSC(C)CCO. The van der Waals surface area contributed by atoms with Crippen LogP contribution in [0.4, 0.5) is 0 Å². The first-order chi connectivity index (χ1) is 6.11. The quantitative estimate of drug-likeness (QED) is 0.667. The summed E-state index contributed by atoms with van der Waals surface area (Å²) in [4.78, 5) is 0. The summed E-state index contributed by atoms with van der Waals surface area (Å²) in [7, 11) is 0. The van der Waals surface area contributed by atoms with Crippen LogP contribution >= 0.6 is 11.8 Å². The predicted octanol–water partition coefficient (Wildman–Crippen LogP) is 1.86. The van der Waals surface area contributed by atoms with Crippen LogP contribution in [0.3, 0.4) is 0 Å². The summed E-state index contributed by atoms with van der Waals surface area (Å²) < 4.78 is 0. The second-order valence-electron chi connectivity index (χ2n) is 3.71. The van der Waals surface area contributed by atoms with E-state index in [1.165, 1.54) is 0 Å². The largest absolute Gasteiger partial charge is 0.396 e. The van der Waals surface area contributed by atoms with Crippen molar-refractivity contribution in [1.82, 2.24) is 0 Å². The maximum absolute atomic E-state index is 8.71. The lowest BCUT2D eigenvalue weighted by atomic mass is 10.0. The number of hydrogen-bond donors (Lipinski definition) is 2. The Kier molecular flexibility index (Phi) is 7.81. The maximum atomic E-state index is 8.71. The Hall–Kier alpha value is 0.270. The minimum absolute atomic E-state index is 0.284. The van der Waals surface area contributed by atoms with E-state index in [-0.39, 0.29) is 6.61 Å². The van der Waals surface area contributed by atoms with Gasteiger partial charge in [0.05, 0.1) is 0 Å².